The second kappa shape index (κ2) is 4.81. The van der Waals surface area contributed by atoms with Crippen LogP contribution in [0.25, 0.3) is 0 Å². The molecular formula is C11H15ClFNO. The molecule has 1 unspecified atom stereocenters. The third-order valence-corrected chi connectivity index (χ3v) is 2.98. The standard InChI is InChI=1S/C11H15ClFNO/c1-6(3-4-14)10-7(2)8(12)5-9(13)11(10)15/h5-6,15H,3-4,14H2,1-2H3. The van der Waals surface area contributed by atoms with Crippen molar-refractivity contribution in [2.24, 2.45) is 5.73 Å². The van der Waals surface area contributed by atoms with Crippen LogP contribution in [-0.4, -0.2) is 11.7 Å². The molecule has 0 fully saturated rings. The van der Waals surface area contributed by atoms with Crippen LogP contribution in [0.5, 0.6) is 5.75 Å². The van der Waals surface area contributed by atoms with Crippen LogP contribution in [0.15, 0.2) is 6.07 Å². The highest BCUT2D eigenvalue weighted by molar-refractivity contribution is 6.31. The molecule has 1 aromatic carbocycles. The Balaban J connectivity index is 3.26. The molecule has 0 aliphatic rings. The zero-order chi connectivity index (χ0) is 11.6. The van der Waals surface area contributed by atoms with E-state index in [1.54, 1.807) is 6.92 Å². The minimum absolute atomic E-state index is 0.00296. The summed E-state index contributed by atoms with van der Waals surface area (Å²) in [7, 11) is 0. The molecule has 1 rings (SSSR count). The van der Waals surface area contributed by atoms with Crippen LogP contribution in [0.2, 0.25) is 5.02 Å². The van der Waals surface area contributed by atoms with Gasteiger partial charge in [-0.3, -0.25) is 0 Å². The lowest BCUT2D eigenvalue weighted by molar-refractivity contribution is 0.419. The number of rotatable bonds is 3. The molecule has 0 aliphatic carbocycles. The number of phenols is 1. The summed E-state index contributed by atoms with van der Waals surface area (Å²) in [5.41, 5.74) is 6.71. The summed E-state index contributed by atoms with van der Waals surface area (Å²) in [5, 5.41) is 9.96. The van der Waals surface area contributed by atoms with E-state index >= 15 is 0 Å². The molecular weight excluding hydrogens is 217 g/mol. The SMILES string of the molecule is Cc1c(Cl)cc(F)c(O)c1C(C)CCN. The van der Waals surface area contributed by atoms with Crippen LogP contribution in [0.4, 0.5) is 4.39 Å². The molecule has 2 nitrogen and oxygen atoms in total. The Hall–Kier alpha value is -0.800. The normalized spacial score (nSPS) is 12.9. The summed E-state index contributed by atoms with van der Waals surface area (Å²) in [6, 6.07) is 1.13. The number of hydrogen-bond acceptors (Lipinski definition) is 2. The smallest absolute Gasteiger partial charge is 0.166 e. The Bertz CT molecular complexity index is 342. The number of phenolic OH excluding ortho intramolecular Hbond substituents is 1. The van der Waals surface area contributed by atoms with E-state index in [0.717, 1.165) is 11.6 Å². The summed E-state index contributed by atoms with van der Waals surface area (Å²) in [4.78, 5) is 0. The van der Waals surface area contributed by atoms with E-state index in [1.165, 1.54) is 0 Å². The van der Waals surface area contributed by atoms with Gasteiger partial charge in [0, 0.05) is 10.6 Å². The second-order valence-corrected chi connectivity index (χ2v) is 4.11. The van der Waals surface area contributed by atoms with Gasteiger partial charge in [0.2, 0.25) is 0 Å². The van der Waals surface area contributed by atoms with Crippen molar-refractivity contribution in [3.8, 4) is 5.75 Å². The van der Waals surface area contributed by atoms with Gasteiger partial charge in [-0.2, -0.15) is 0 Å². The van der Waals surface area contributed by atoms with E-state index in [9.17, 15) is 9.50 Å². The van der Waals surface area contributed by atoms with Gasteiger partial charge >= 0.3 is 0 Å². The molecule has 15 heavy (non-hydrogen) atoms. The van der Waals surface area contributed by atoms with Crippen LogP contribution in [0.3, 0.4) is 0 Å². The predicted molar refractivity (Wildman–Crippen MR) is 59.9 cm³/mol. The van der Waals surface area contributed by atoms with Crippen LogP contribution in [0.1, 0.15) is 30.4 Å². The largest absolute Gasteiger partial charge is 0.505 e. The van der Waals surface area contributed by atoms with Gasteiger partial charge < -0.3 is 10.8 Å². The Morgan fingerprint density at radius 1 is 1.60 bits per heavy atom. The van der Waals surface area contributed by atoms with Gasteiger partial charge in [0.05, 0.1) is 0 Å². The zero-order valence-corrected chi connectivity index (χ0v) is 9.61. The summed E-state index contributed by atoms with van der Waals surface area (Å²) >= 11 is 5.85. The predicted octanol–water partition coefficient (Wildman–Crippen LogP) is 2.95. The molecule has 1 aromatic rings. The van der Waals surface area contributed by atoms with Crippen molar-refractivity contribution in [1.82, 2.24) is 0 Å². The van der Waals surface area contributed by atoms with Crippen molar-refractivity contribution in [3.05, 3.63) is 28.0 Å². The van der Waals surface area contributed by atoms with Crippen LogP contribution in [0, 0.1) is 12.7 Å². The first-order valence-electron chi connectivity index (χ1n) is 4.86. The van der Waals surface area contributed by atoms with Gasteiger partial charge in [-0.05, 0) is 37.4 Å². The Kier molecular flexibility index (Phi) is 3.94. The number of benzene rings is 1. The Morgan fingerprint density at radius 3 is 2.73 bits per heavy atom. The molecule has 0 saturated heterocycles. The summed E-state index contributed by atoms with van der Waals surface area (Å²) < 4.78 is 13.3. The molecule has 0 aromatic heterocycles. The zero-order valence-electron chi connectivity index (χ0n) is 8.85. The first-order chi connectivity index (χ1) is 6.99. The average molecular weight is 232 g/mol. The van der Waals surface area contributed by atoms with Crippen molar-refractivity contribution in [1.29, 1.82) is 0 Å². The van der Waals surface area contributed by atoms with Gasteiger partial charge in [-0.1, -0.05) is 18.5 Å². The average Bonchev–Trinajstić information content (AvgIpc) is 2.16. The maximum absolute atomic E-state index is 13.3. The van der Waals surface area contributed by atoms with E-state index < -0.39 is 5.82 Å². The summed E-state index contributed by atoms with van der Waals surface area (Å²) in [6.45, 7) is 4.16. The van der Waals surface area contributed by atoms with Gasteiger partial charge in [0.1, 0.15) is 0 Å². The van der Waals surface area contributed by atoms with E-state index in [0.29, 0.717) is 23.6 Å². The van der Waals surface area contributed by atoms with Gasteiger partial charge in [-0.25, -0.2) is 4.39 Å². The van der Waals surface area contributed by atoms with Gasteiger partial charge in [0.15, 0.2) is 11.6 Å². The molecule has 4 heteroatoms. The highest BCUT2D eigenvalue weighted by atomic mass is 35.5. The molecule has 0 amide bonds. The molecule has 0 heterocycles. The fraction of sp³-hybridized carbons (Fsp3) is 0.455. The van der Waals surface area contributed by atoms with Crippen LogP contribution in [-0.2, 0) is 0 Å². The molecule has 0 saturated carbocycles. The highest BCUT2D eigenvalue weighted by Crippen LogP contribution is 2.36. The lowest BCUT2D eigenvalue weighted by atomic mass is 9.92. The van der Waals surface area contributed by atoms with Crippen molar-refractivity contribution in [2.45, 2.75) is 26.2 Å². The first-order valence-corrected chi connectivity index (χ1v) is 5.24. The summed E-state index contributed by atoms with van der Waals surface area (Å²) in [5.74, 6) is -0.981. The fourth-order valence-corrected chi connectivity index (χ4v) is 1.92. The molecule has 0 aliphatic heterocycles. The van der Waals surface area contributed by atoms with E-state index in [2.05, 4.69) is 0 Å². The summed E-state index contributed by atoms with van der Waals surface area (Å²) in [6.07, 6.45) is 0.689. The third kappa shape index (κ3) is 2.41. The maximum Gasteiger partial charge on any atom is 0.166 e. The quantitative estimate of drug-likeness (QED) is 0.840. The van der Waals surface area contributed by atoms with Crippen molar-refractivity contribution < 1.29 is 9.50 Å². The van der Waals surface area contributed by atoms with Gasteiger partial charge in [0.25, 0.3) is 0 Å². The van der Waals surface area contributed by atoms with E-state index in [4.69, 9.17) is 17.3 Å². The van der Waals surface area contributed by atoms with E-state index in [-0.39, 0.29) is 11.7 Å². The number of aromatic hydroxyl groups is 1. The Labute approximate surface area is 93.9 Å². The van der Waals surface area contributed by atoms with Crippen molar-refractivity contribution >= 4 is 11.6 Å². The minimum Gasteiger partial charge on any atom is -0.505 e. The number of halogens is 2. The van der Waals surface area contributed by atoms with Crippen molar-refractivity contribution in [3.63, 3.8) is 0 Å². The maximum atomic E-state index is 13.3. The van der Waals surface area contributed by atoms with E-state index in [1.807, 2.05) is 6.92 Å². The van der Waals surface area contributed by atoms with Crippen LogP contribution >= 0.6 is 11.6 Å². The molecule has 3 N–H and O–H groups in total. The topological polar surface area (TPSA) is 46.2 Å². The molecule has 0 bridgehead atoms. The third-order valence-electron chi connectivity index (χ3n) is 2.59. The molecule has 1 atom stereocenters. The fourth-order valence-electron chi connectivity index (χ4n) is 1.72. The first kappa shape index (κ1) is 12.3. The van der Waals surface area contributed by atoms with Crippen molar-refractivity contribution in [2.75, 3.05) is 6.54 Å². The molecule has 84 valence electrons. The Morgan fingerprint density at radius 2 is 2.20 bits per heavy atom. The number of nitrogens with two attached hydrogens (primary N) is 1. The molecule has 0 spiro atoms. The minimum atomic E-state index is -0.676. The lowest BCUT2D eigenvalue weighted by Gasteiger charge is -2.17. The lowest BCUT2D eigenvalue weighted by Crippen LogP contribution is -2.07. The highest BCUT2D eigenvalue weighted by Gasteiger charge is 2.18. The number of hydrogen-bond donors (Lipinski definition) is 2. The van der Waals surface area contributed by atoms with Crippen LogP contribution < -0.4 is 5.73 Å². The molecule has 0 radical (unpaired) electrons. The monoisotopic (exact) mass is 231 g/mol. The van der Waals surface area contributed by atoms with Gasteiger partial charge in [-0.15, -0.1) is 0 Å². The second-order valence-electron chi connectivity index (χ2n) is 3.71.